The van der Waals surface area contributed by atoms with Crippen LogP contribution in [0.15, 0.2) is 91.1 Å². The number of carbonyl (C=O) groups is 2. The Hall–Kier alpha value is -4.32. The summed E-state index contributed by atoms with van der Waals surface area (Å²) in [6.45, 7) is 4.56. The zero-order valence-electron chi connectivity index (χ0n) is 19.8. The highest BCUT2D eigenvalue weighted by Gasteiger charge is 2.33. The van der Waals surface area contributed by atoms with Crippen LogP contribution in [0.2, 0.25) is 0 Å². The van der Waals surface area contributed by atoms with E-state index in [1.165, 1.54) is 0 Å². The average Bonchev–Trinajstić information content (AvgIpc) is 3.29. The fourth-order valence-corrected chi connectivity index (χ4v) is 4.69. The van der Waals surface area contributed by atoms with Crippen molar-refractivity contribution in [3.8, 4) is 5.69 Å². The van der Waals surface area contributed by atoms with Gasteiger partial charge in [-0.3, -0.25) is 0 Å². The van der Waals surface area contributed by atoms with Gasteiger partial charge in [-0.15, -0.1) is 0 Å². The van der Waals surface area contributed by atoms with E-state index in [1.807, 2.05) is 41.4 Å². The predicted octanol–water partition coefficient (Wildman–Crippen LogP) is 6.10. The van der Waals surface area contributed by atoms with Crippen molar-refractivity contribution in [2.45, 2.75) is 26.4 Å². The molecule has 1 unspecified atom stereocenters. The van der Waals surface area contributed by atoms with Crippen LogP contribution in [0.5, 0.6) is 0 Å². The number of aromatic nitrogens is 1. The van der Waals surface area contributed by atoms with E-state index in [9.17, 15) is 9.59 Å². The molecule has 1 aliphatic rings. The Morgan fingerprint density at radius 1 is 0.971 bits per heavy atom. The number of esters is 1. The van der Waals surface area contributed by atoms with Crippen LogP contribution in [0.1, 0.15) is 45.7 Å². The lowest BCUT2D eigenvalue weighted by Gasteiger charge is -2.32. The van der Waals surface area contributed by atoms with Crippen LogP contribution in [-0.4, -0.2) is 28.1 Å². The number of carbonyl (C=O) groups excluding carboxylic acids is 2. The van der Waals surface area contributed by atoms with Crippen LogP contribution in [0, 0.1) is 6.92 Å². The van der Waals surface area contributed by atoms with Gasteiger partial charge in [-0.1, -0.05) is 48.5 Å². The van der Waals surface area contributed by atoms with Crippen molar-refractivity contribution < 1.29 is 14.3 Å². The number of ether oxygens (including phenoxy) is 1. The predicted molar refractivity (Wildman–Crippen MR) is 136 cm³/mol. The molecule has 1 aliphatic heterocycles. The quantitative estimate of drug-likeness (QED) is 0.371. The number of benzene rings is 3. The van der Waals surface area contributed by atoms with Crippen LogP contribution in [0.3, 0.4) is 0 Å². The third-order valence-corrected chi connectivity index (χ3v) is 6.33. The molecule has 0 saturated heterocycles. The summed E-state index contributed by atoms with van der Waals surface area (Å²) >= 11 is 0. The van der Waals surface area contributed by atoms with Gasteiger partial charge in [0.25, 0.3) is 0 Å². The first kappa shape index (κ1) is 22.5. The van der Waals surface area contributed by atoms with Crippen LogP contribution < -0.4 is 5.32 Å². The van der Waals surface area contributed by atoms with E-state index in [0.29, 0.717) is 24.4 Å². The van der Waals surface area contributed by atoms with Gasteiger partial charge in [-0.05, 0) is 66.9 Å². The molecule has 4 aromatic rings. The molecule has 6 heteroatoms. The van der Waals surface area contributed by atoms with Gasteiger partial charge in [-0.25, -0.2) is 9.59 Å². The van der Waals surface area contributed by atoms with Crippen molar-refractivity contribution in [1.82, 2.24) is 9.47 Å². The standard InChI is InChI=1S/C29H27N3O3/c1-3-35-28(33)21-12-8-13-23(18-21)30-29(34)32-19-22-11-5-7-15-25(22)31-17-9-16-26(31)27(32)24-14-6-4-10-20(24)2/h4-18,27H,3,19H2,1-2H3,(H,30,34). The minimum Gasteiger partial charge on any atom is -0.462 e. The van der Waals surface area contributed by atoms with Crippen molar-refractivity contribution in [3.63, 3.8) is 0 Å². The third-order valence-electron chi connectivity index (χ3n) is 6.33. The molecular formula is C29H27N3O3. The Morgan fingerprint density at radius 2 is 1.77 bits per heavy atom. The number of nitrogens with zero attached hydrogens (tertiary/aromatic N) is 2. The van der Waals surface area contributed by atoms with E-state index >= 15 is 0 Å². The van der Waals surface area contributed by atoms with Crippen LogP contribution >= 0.6 is 0 Å². The third kappa shape index (κ3) is 4.30. The molecule has 0 bridgehead atoms. The first-order valence-corrected chi connectivity index (χ1v) is 11.7. The number of para-hydroxylation sites is 1. The summed E-state index contributed by atoms with van der Waals surface area (Å²) in [4.78, 5) is 27.9. The number of anilines is 1. The molecule has 176 valence electrons. The fraction of sp³-hybridized carbons (Fsp3) is 0.172. The number of hydrogen-bond acceptors (Lipinski definition) is 3. The molecule has 3 aromatic carbocycles. The summed E-state index contributed by atoms with van der Waals surface area (Å²) in [7, 11) is 0. The van der Waals surface area contributed by atoms with Crippen molar-refractivity contribution in [1.29, 1.82) is 0 Å². The molecule has 0 saturated carbocycles. The summed E-state index contributed by atoms with van der Waals surface area (Å²) < 4.78 is 7.28. The van der Waals surface area contributed by atoms with Gasteiger partial charge >= 0.3 is 12.0 Å². The number of rotatable bonds is 4. The van der Waals surface area contributed by atoms with E-state index < -0.39 is 5.97 Å². The molecule has 0 fully saturated rings. The second kappa shape index (κ2) is 9.50. The van der Waals surface area contributed by atoms with E-state index in [-0.39, 0.29) is 12.1 Å². The second-order valence-corrected chi connectivity index (χ2v) is 8.55. The van der Waals surface area contributed by atoms with Gasteiger partial charge in [0.1, 0.15) is 6.04 Å². The Bertz CT molecular complexity index is 1390. The maximum absolute atomic E-state index is 13.9. The first-order valence-electron chi connectivity index (χ1n) is 11.7. The second-order valence-electron chi connectivity index (χ2n) is 8.55. The molecule has 0 aliphatic carbocycles. The summed E-state index contributed by atoms with van der Waals surface area (Å²) in [5.41, 5.74) is 6.24. The minimum atomic E-state index is -0.414. The van der Waals surface area contributed by atoms with E-state index in [2.05, 4.69) is 47.1 Å². The van der Waals surface area contributed by atoms with Crippen LogP contribution in [-0.2, 0) is 11.3 Å². The first-order chi connectivity index (χ1) is 17.1. The van der Waals surface area contributed by atoms with Gasteiger partial charge in [0.05, 0.1) is 24.4 Å². The number of fused-ring (bicyclic) bond motifs is 3. The highest BCUT2D eigenvalue weighted by Crippen LogP contribution is 2.38. The Morgan fingerprint density at radius 3 is 2.60 bits per heavy atom. The summed E-state index contributed by atoms with van der Waals surface area (Å²) in [5, 5.41) is 3.02. The maximum Gasteiger partial charge on any atom is 0.338 e. The van der Waals surface area contributed by atoms with Crippen LogP contribution in [0.25, 0.3) is 5.69 Å². The number of amides is 2. The number of hydrogen-bond donors (Lipinski definition) is 1. The van der Waals surface area contributed by atoms with E-state index in [4.69, 9.17) is 4.74 Å². The normalized spacial score (nSPS) is 14.5. The molecular weight excluding hydrogens is 438 g/mol. The molecule has 2 heterocycles. The highest BCUT2D eigenvalue weighted by atomic mass is 16.5. The molecule has 2 amide bonds. The monoisotopic (exact) mass is 465 g/mol. The van der Waals surface area contributed by atoms with Gasteiger partial charge in [0.15, 0.2) is 0 Å². The topological polar surface area (TPSA) is 63.6 Å². The number of aryl methyl sites for hydroxylation is 1. The van der Waals surface area contributed by atoms with E-state index in [0.717, 1.165) is 28.1 Å². The lowest BCUT2D eigenvalue weighted by Crippen LogP contribution is -2.38. The summed E-state index contributed by atoms with van der Waals surface area (Å²) in [6.07, 6.45) is 2.05. The van der Waals surface area contributed by atoms with Crippen molar-refractivity contribution in [2.75, 3.05) is 11.9 Å². The van der Waals surface area contributed by atoms with Gasteiger partial charge in [0, 0.05) is 17.6 Å². The number of urea groups is 1. The molecule has 0 spiro atoms. The van der Waals surface area contributed by atoms with Gasteiger partial charge in [-0.2, -0.15) is 0 Å². The lowest BCUT2D eigenvalue weighted by molar-refractivity contribution is 0.0526. The van der Waals surface area contributed by atoms with Crippen LogP contribution in [0.4, 0.5) is 10.5 Å². The van der Waals surface area contributed by atoms with Crippen molar-refractivity contribution >= 4 is 17.7 Å². The molecule has 0 radical (unpaired) electrons. The zero-order valence-corrected chi connectivity index (χ0v) is 19.8. The summed E-state index contributed by atoms with van der Waals surface area (Å²) in [6, 6.07) is 26.7. The van der Waals surface area contributed by atoms with Gasteiger partial charge in [0.2, 0.25) is 0 Å². The summed E-state index contributed by atoms with van der Waals surface area (Å²) in [5.74, 6) is -0.414. The van der Waals surface area contributed by atoms with E-state index in [1.54, 1.807) is 31.2 Å². The zero-order chi connectivity index (χ0) is 24.4. The molecule has 1 N–H and O–H groups in total. The SMILES string of the molecule is CCOC(=O)c1cccc(NC(=O)N2Cc3ccccc3-n3cccc3C2c2ccccc2C)c1. The minimum absolute atomic E-state index is 0.247. The molecule has 35 heavy (non-hydrogen) atoms. The lowest BCUT2D eigenvalue weighted by atomic mass is 9.97. The fourth-order valence-electron chi connectivity index (χ4n) is 4.69. The Kier molecular flexibility index (Phi) is 6.10. The average molecular weight is 466 g/mol. The van der Waals surface area contributed by atoms with Gasteiger partial charge < -0.3 is 19.5 Å². The van der Waals surface area contributed by atoms with Crippen molar-refractivity contribution in [2.24, 2.45) is 0 Å². The molecule has 6 nitrogen and oxygen atoms in total. The Labute approximate surface area is 204 Å². The van der Waals surface area contributed by atoms with Crippen molar-refractivity contribution in [3.05, 3.63) is 119 Å². The maximum atomic E-state index is 13.9. The largest absolute Gasteiger partial charge is 0.462 e. The smallest absolute Gasteiger partial charge is 0.338 e. The molecule has 5 rings (SSSR count). The molecule has 1 aromatic heterocycles. The molecule has 1 atom stereocenters. The highest BCUT2D eigenvalue weighted by molar-refractivity contribution is 5.94. The Balaban J connectivity index is 1.57. The number of nitrogens with one attached hydrogen (secondary N) is 1.